The van der Waals surface area contributed by atoms with E-state index < -0.39 is 0 Å². The second-order valence-corrected chi connectivity index (χ2v) is 4.60. The molecule has 84 valence electrons. The summed E-state index contributed by atoms with van der Waals surface area (Å²) in [4.78, 5) is 15.2. The van der Waals surface area contributed by atoms with Gasteiger partial charge in [0.05, 0.1) is 21.7 Å². The topological polar surface area (TPSA) is 59.4 Å². The second kappa shape index (κ2) is 4.01. The zero-order chi connectivity index (χ0) is 11.8. The van der Waals surface area contributed by atoms with Crippen LogP contribution in [-0.4, -0.2) is 24.5 Å². The average molecular weight is 308 g/mol. The normalized spacial score (nSPS) is 10.9. The van der Waals surface area contributed by atoms with Gasteiger partial charge in [-0.1, -0.05) is 0 Å². The van der Waals surface area contributed by atoms with Crippen molar-refractivity contribution in [2.75, 3.05) is 0 Å². The molecular weight excluding hydrogens is 302 g/mol. The van der Waals surface area contributed by atoms with Crippen LogP contribution in [0.1, 0.15) is 0 Å². The maximum atomic E-state index is 5.02. The van der Waals surface area contributed by atoms with Crippen molar-refractivity contribution in [2.45, 2.75) is 0 Å². The molecule has 0 aromatic carbocycles. The number of aromatic amines is 1. The van der Waals surface area contributed by atoms with Gasteiger partial charge in [-0.2, -0.15) is 0 Å². The number of hydrogen-bond acceptors (Lipinski definition) is 4. The lowest BCUT2D eigenvalue weighted by atomic mass is 10.4. The van der Waals surface area contributed by atoms with Gasteiger partial charge in [0.15, 0.2) is 4.77 Å². The van der Waals surface area contributed by atoms with Crippen molar-refractivity contribution in [3.05, 3.63) is 40.2 Å². The van der Waals surface area contributed by atoms with Crippen LogP contribution in [0.15, 0.2) is 35.5 Å². The molecular formula is C10H6BrN5S. The van der Waals surface area contributed by atoms with Crippen molar-refractivity contribution >= 4 is 39.2 Å². The van der Waals surface area contributed by atoms with Crippen molar-refractivity contribution in [1.82, 2.24) is 24.5 Å². The van der Waals surface area contributed by atoms with Crippen molar-refractivity contribution in [1.29, 1.82) is 0 Å². The van der Waals surface area contributed by atoms with Crippen LogP contribution in [0.5, 0.6) is 0 Å². The fourth-order valence-corrected chi connectivity index (χ4v) is 2.15. The molecule has 0 aliphatic carbocycles. The van der Waals surface area contributed by atoms with Gasteiger partial charge in [-0.3, -0.25) is 4.57 Å². The fourth-order valence-electron chi connectivity index (χ4n) is 1.61. The Morgan fingerprint density at radius 1 is 1.29 bits per heavy atom. The van der Waals surface area contributed by atoms with E-state index in [2.05, 4.69) is 35.9 Å². The van der Waals surface area contributed by atoms with E-state index in [1.54, 1.807) is 12.4 Å². The van der Waals surface area contributed by atoms with Crippen molar-refractivity contribution < 1.29 is 0 Å². The molecule has 3 heterocycles. The van der Waals surface area contributed by atoms with E-state index in [4.69, 9.17) is 12.2 Å². The van der Waals surface area contributed by atoms with E-state index in [9.17, 15) is 0 Å². The summed E-state index contributed by atoms with van der Waals surface area (Å²) < 4.78 is 3.19. The Morgan fingerprint density at radius 3 is 3.06 bits per heavy atom. The lowest BCUT2D eigenvalue weighted by molar-refractivity contribution is 0.981. The monoisotopic (exact) mass is 307 g/mol. The molecule has 3 aromatic heterocycles. The smallest absolute Gasteiger partial charge is 0.198 e. The lowest BCUT2D eigenvalue weighted by Crippen LogP contribution is -1.99. The number of aromatic nitrogens is 5. The Balaban J connectivity index is 2.34. The Bertz CT molecular complexity index is 748. The van der Waals surface area contributed by atoms with Crippen LogP contribution in [0, 0.1) is 4.77 Å². The van der Waals surface area contributed by atoms with Crippen LogP contribution in [0.2, 0.25) is 0 Å². The number of nitrogens with zero attached hydrogens (tertiary/aromatic N) is 4. The fraction of sp³-hybridized carbons (Fsp3) is 0. The van der Waals surface area contributed by atoms with Gasteiger partial charge in [0, 0.05) is 12.4 Å². The molecule has 3 rings (SSSR count). The Hall–Kier alpha value is -1.60. The Labute approximate surface area is 110 Å². The first-order valence-electron chi connectivity index (χ1n) is 4.78. The SMILES string of the molecule is S=c1ncc(Br)c(-n2ccc3ncncc32)[nH]1. The second-order valence-electron chi connectivity index (χ2n) is 3.36. The molecule has 0 unspecified atom stereocenters. The van der Waals surface area contributed by atoms with E-state index >= 15 is 0 Å². The zero-order valence-electron chi connectivity index (χ0n) is 8.46. The summed E-state index contributed by atoms with van der Waals surface area (Å²) >= 11 is 8.46. The number of halogens is 1. The molecule has 0 amide bonds. The highest BCUT2D eigenvalue weighted by molar-refractivity contribution is 9.10. The summed E-state index contributed by atoms with van der Waals surface area (Å²) in [6.07, 6.45) is 6.86. The van der Waals surface area contributed by atoms with Gasteiger partial charge in [0.2, 0.25) is 0 Å². The largest absolute Gasteiger partial charge is 0.316 e. The first kappa shape index (κ1) is 10.5. The molecule has 7 heteroatoms. The molecule has 0 spiro atoms. The van der Waals surface area contributed by atoms with E-state index in [0.29, 0.717) is 4.77 Å². The van der Waals surface area contributed by atoms with Gasteiger partial charge in [0.25, 0.3) is 0 Å². The van der Waals surface area contributed by atoms with E-state index in [0.717, 1.165) is 21.3 Å². The third-order valence-corrected chi connectivity index (χ3v) is 3.14. The molecule has 0 aliphatic heterocycles. The minimum Gasteiger partial charge on any atom is -0.316 e. The third-order valence-electron chi connectivity index (χ3n) is 2.35. The van der Waals surface area contributed by atoms with Crippen LogP contribution in [-0.2, 0) is 0 Å². The molecule has 0 aliphatic rings. The molecule has 3 aromatic rings. The van der Waals surface area contributed by atoms with E-state index in [1.165, 1.54) is 6.33 Å². The quantitative estimate of drug-likeness (QED) is 0.702. The summed E-state index contributed by atoms with van der Waals surface area (Å²) in [5.74, 6) is 0.815. The minimum absolute atomic E-state index is 0.432. The molecule has 0 radical (unpaired) electrons. The molecule has 0 atom stereocenters. The summed E-state index contributed by atoms with van der Waals surface area (Å²) in [5.41, 5.74) is 1.79. The minimum atomic E-state index is 0.432. The van der Waals surface area contributed by atoms with Crippen LogP contribution < -0.4 is 0 Å². The Kier molecular flexibility index (Phi) is 2.49. The summed E-state index contributed by atoms with van der Waals surface area (Å²) in [6.45, 7) is 0. The summed E-state index contributed by atoms with van der Waals surface area (Å²) in [5, 5.41) is 0. The van der Waals surface area contributed by atoms with Crippen molar-refractivity contribution in [3.8, 4) is 5.82 Å². The van der Waals surface area contributed by atoms with Crippen LogP contribution in [0.4, 0.5) is 0 Å². The van der Waals surface area contributed by atoms with Crippen LogP contribution in [0.3, 0.4) is 0 Å². The van der Waals surface area contributed by atoms with E-state index in [1.807, 2.05) is 16.8 Å². The molecule has 1 N–H and O–H groups in total. The molecule has 17 heavy (non-hydrogen) atoms. The third kappa shape index (κ3) is 1.77. The molecule has 0 saturated heterocycles. The molecule has 5 nitrogen and oxygen atoms in total. The standard InChI is InChI=1S/C10H6BrN5S/c11-6-3-13-10(17)15-9(6)16-2-1-7-8(16)4-12-5-14-7/h1-5H,(H,13,15,17). The van der Waals surface area contributed by atoms with Gasteiger partial charge in [0.1, 0.15) is 12.1 Å². The number of H-pyrrole nitrogens is 1. The Morgan fingerprint density at radius 2 is 2.18 bits per heavy atom. The number of fused-ring (bicyclic) bond motifs is 1. The van der Waals surface area contributed by atoms with Gasteiger partial charge in [-0.05, 0) is 34.2 Å². The average Bonchev–Trinajstić information content (AvgIpc) is 2.76. The molecule has 0 bridgehead atoms. The number of nitrogens with one attached hydrogen (secondary N) is 1. The zero-order valence-corrected chi connectivity index (χ0v) is 10.9. The van der Waals surface area contributed by atoms with Crippen molar-refractivity contribution in [2.24, 2.45) is 0 Å². The highest BCUT2D eigenvalue weighted by atomic mass is 79.9. The highest BCUT2D eigenvalue weighted by Crippen LogP contribution is 2.22. The van der Waals surface area contributed by atoms with Gasteiger partial charge < -0.3 is 4.98 Å². The highest BCUT2D eigenvalue weighted by Gasteiger charge is 2.07. The van der Waals surface area contributed by atoms with Crippen LogP contribution in [0.25, 0.3) is 16.9 Å². The molecule has 0 fully saturated rings. The first-order chi connectivity index (χ1) is 8.25. The summed E-state index contributed by atoms with van der Waals surface area (Å²) in [6, 6.07) is 1.92. The maximum absolute atomic E-state index is 5.02. The first-order valence-corrected chi connectivity index (χ1v) is 5.98. The van der Waals surface area contributed by atoms with Gasteiger partial charge >= 0.3 is 0 Å². The van der Waals surface area contributed by atoms with E-state index in [-0.39, 0.29) is 0 Å². The lowest BCUT2D eigenvalue weighted by Gasteiger charge is -2.06. The van der Waals surface area contributed by atoms with Gasteiger partial charge in [-0.25, -0.2) is 15.0 Å². The predicted octanol–water partition coefficient (Wildman–Crippen LogP) is 2.64. The maximum Gasteiger partial charge on any atom is 0.198 e. The summed E-state index contributed by atoms with van der Waals surface area (Å²) in [7, 11) is 0. The van der Waals surface area contributed by atoms with Gasteiger partial charge in [-0.15, -0.1) is 0 Å². The predicted molar refractivity (Wildman–Crippen MR) is 69.5 cm³/mol. The van der Waals surface area contributed by atoms with Crippen LogP contribution >= 0.6 is 28.1 Å². The van der Waals surface area contributed by atoms with Crippen molar-refractivity contribution in [3.63, 3.8) is 0 Å². The number of rotatable bonds is 1. The number of hydrogen-bond donors (Lipinski definition) is 1. The molecule has 0 saturated carbocycles.